The van der Waals surface area contributed by atoms with Crippen LogP contribution in [0.2, 0.25) is 0 Å². The summed E-state index contributed by atoms with van der Waals surface area (Å²) in [5.74, 6) is -1.60. The molecule has 6 nitrogen and oxygen atoms in total. The van der Waals surface area contributed by atoms with Gasteiger partial charge in [0.05, 0.1) is 5.69 Å². The van der Waals surface area contributed by atoms with E-state index in [2.05, 4.69) is 14.9 Å². The molecule has 0 saturated heterocycles. The van der Waals surface area contributed by atoms with Crippen molar-refractivity contribution < 1.29 is 14.0 Å². The first-order chi connectivity index (χ1) is 13.7. The zero-order valence-corrected chi connectivity index (χ0v) is 18.1. The zero-order valence-electron chi connectivity index (χ0n) is 16.5. The number of rotatable bonds is 5. The molecular weight excluding hydrogens is 411 g/mol. The number of aromatic nitrogens is 2. The predicted molar refractivity (Wildman–Crippen MR) is 113 cm³/mol. The van der Waals surface area contributed by atoms with Crippen LogP contribution >= 0.6 is 22.9 Å². The summed E-state index contributed by atoms with van der Waals surface area (Å²) in [6.45, 7) is 7.41. The number of halogens is 1. The van der Waals surface area contributed by atoms with Crippen LogP contribution in [0.15, 0.2) is 41.1 Å². The van der Waals surface area contributed by atoms with Gasteiger partial charge in [-0.25, -0.2) is 4.39 Å². The van der Waals surface area contributed by atoms with Gasteiger partial charge in [-0.05, 0) is 68.4 Å². The molecule has 152 valence electrons. The second kappa shape index (κ2) is 8.38. The zero-order chi connectivity index (χ0) is 21.2. The molecule has 2 amide bonds. The summed E-state index contributed by atoms with van der Waals surface area (Å²) in [5, 5.41) is 10.1. The number of para-hydroxylation sites is 1. The minimum Gasteiger partial charge on any atom is -0.349 e. The van der Waals surface area contributed by atoms with E-state index < -0.39 is 29.2 Å². The van der Waals surface area contributed by atoms with Gasteiger partial charge in [0.1, 0.15) is 5.82 Å². The summed E-state index contributed by atoms with van der Waals surface area (Å²) in [7, 11) is 0. The summed E-state index contributed by atoms with van der Waals surface area (Å²) < 4.78 is 18.5. The first-order valence-corrected chi connectivity index (χ1v) is 10.6. The number of hydrogen-bond donors (Lipinski definition) is 1. The summed E-state index contributed by atoms with van der Waals surface area (Å²) in [6.07, 6.45) is 0. The normalized spacial score (nSPS) is 12.4. The highest BCUT2D eigenvalue weighted by Crippen LogP contribution is 2.35. The molecule has 2 aromatic heterocycles. The van der Waals surface area contributed by atoms with Gasteiger partial charge in [-0.15, -0.1) is 16.4 Å². The van der Waals surface area contributed by atoms with Crippen molar-refractivity contribution in [2.45, 2.75) is 39.3 Å². The molecule has 0 fully saturated rings. The van der Waals surface area contributed by atoms with Crippen LogP contribution in [-0.2, 0) is 4.79 Å². The number of amides is 2. The molecule has 0 aliphatic heterocycles. The third-order valence-corrected chi connectivity index (χ3v) is 5.64. The lowest BCUT2D eigenvalue weighted by Gasteiger charge is -2.33. The lowest BCUT2D eigenvalue weighted by Crippen LogP contribution is -2.49. The van der Waals surface area contributed by atoms with Crippen molar-refractivity contribution in [2.75, 3.05) is 4.90 Å². The maximum absolute atomic E-state index is 14.8. The quantitative estimate of drug-likeness (QED) is 0.650. The van der Waals surface area contributed by atoms with Gasteiger partial charge in [-0.1, -0.05) is 16.6 Å². The molecule has 0 aliphatic rings. The Morgan fingerprint density at radius 1 is 1.21 bits per heavy atom. The molecule has 0 bridgehead atoms. The molecule has 0 saturated carbocycles. The van der Waals surface area contributed by atoms with Gasteiger partial charge >= 0.3 is 0 Å². The number of aryl methyl sites for hydroxylation is 1. The maximum atomic E-state index is 14.8. The summed E-state index contributed by atoms with van der Waals surface area (Å²) in [4.78, 5) is 28.6. The van der Waals surface area contributed by atoms with Crippen molar-refractivity contribution in [2.24, 2.45) is 0 Å². The second-order valence-electron chi connectivity index (χ2n) is 7.53. The monoisotopic (exact) mass is 432 g/mol. The van der Waals surface area contributed by atoms with Gasteiger partial charge in [0.15, 0.2) is 11.7 Å². The van der Waals surface area contributed by atoms with Crippen LogP contribution in [0, 0.1) is 12.7 Å². The average Bonchev–Trinajstić information content (AvgIpc) is 3.30. The molecule has 29 heavy (non-hydrogen) atoms. The van der Waals surface area contributed by atoms with Crippen LogP contribution in [0.1, 0.15) is 47.7 Å². The van der Waals surface area contributed by atoms with Crippen LogP contribution in [0.25, 0.3) is 0 Å². The minimum absolute atomic E-state index is 0.00681. The van der Waals surface area contributed by atoms with Gasteiger partial charge in [-0.3, -0.25) is 14.5 Å². The van der Waals surface area contributed by atoms with E-state index in [0.29, 0.717) is 4.88 Å². The highest BCUT2D eigenvalue weighted by Gasteiger charge is 2.38. The lowest BCUT2D eigenvalue weighted by atomic mass is 10.0. The second-order valence-corrected chi connectivity index (χ2v) is 9.08. The number of hydrogen-bond acceptors (Lipinski definition) is 6. The smallest absolute Gasteiger partial charge is 0.280 e. The van der Waals surface area contributed by atoms with Crippen LogP contribution in [0.4, 0.5) is 10.1 Å². The van der Waals surface area contributed by atoms with Crippen molar-refractivity contribution >= 4 is 40.4 Å². The number of benzene rings is 1. The Kier molecular flexibility index (Phi) is 6.09. The van der Waals surface area contributed by atoms with Gasteiger partial charge in [-0.2, -0.15) is 0 Å². The molecule has 0 unspecified atom stereocenters. The molecular formula is C20H21FN4O2S2. The summed E-state index contributed by atoms with van der Waals surface area (Å²) >= 11 is 2.36. The van der Waals surface area contributed by atoms with Crippen molar-refractivity contribution in [3.05, 3.63) is 63.0 Å². The van der Waals surface area contributed by atoms with Gasteiger partial charge < -0.3 is 5.32 Å². The van der Waals surface area contributed by atoms with Gasteiger partial charge in [0, 0.05) is 15.8 Å². The van der Waals surface area contributed by atoms with E-state index in [1.54, 1.807) is 6.07 Å². The highest BCUT2D eigenvalue weighted by atomic mass is 32.1. The van der Waals surface area contributed by atoms with Crippen molar-refractivity contribution in [1.82, 2.24) is 14.9 Å². The number of anilines is 1. The average molecular weight is 433 g/mol. The van der Waals surface area contributed by atoms with E-state index in [1.807, 2.05) is 39.1 Å². The van der Waals surface area contributed by atoms with Gasteiger partial charge in [0.25, 0.3) is 5.91 Å². The molecule has 0 spiro atoms. The number of nitrogens with one attached hydrogen (secondary N) is 1. The third-order valence-electron chi connectivity index (χ3n) is 4.06. The highest BCUT2D eigenvalue weighted by molar-refractivity contribution is 7.10. The van der Waals surface area contributed by atoms with E-state index in [4.69, 9.17) is 0 Å². The molecule has 0 aliphatic carbocycles. The first-order valence-electron chi connectivity index (χ1n) is 8.90. The Labute approximate surface area is 176 Å². The Morgan fingerprint density at radius 2 is 1.93 bits per heavy atom. The fourth-order valence-corrected chi connectivity index (χ4v) is 4.29. The van der Waals surface area contributed by atoms with E-state index >= 15 is 0 Å². The Bertz CT molecular complexity index is 1010. The number of thiophene rings is 1. The summed E-state index contributed by atoms with van der Waals surface area (Å²) in [5.41, 5.74) is 0.370. The van der Waals surface area contributed by atoms with E-state index in [9.17, 15) is 14.0 Å². The number of nitrogens with zero attached hydrogens (tertiary/aromatic N) is 3. The van der Waals surface area contributed by atoms with E-state index in [0.717, 1.165) is 17.1 Å². The standard InChI is InChI=1S/C20H21FN4O2S2/c1-12-9-10-28-17(12)16(18(26)22-20(2,3)4)25(15-8-6-5-7-13(15)21)19(27)14-11-29-24-23-14/h5-11,16H,1-4H3,(H,22,26)/t16-/m1/s1. The van der Waals surface area contributed by atoms with Crippen LogP contribution in [-0.4, -0.2) is 26.9 Å². The molecule has 1 aromatic carbocycles. The first kappa shape index (κ1) is 21.1. The van der Waals surface area contributed by atoms with E-state index in [-0.39, 0.29) is 11.4 Å². The minimum atomic E-state index is -1.06. The van der Waals surface area contributed by atoms with Crippen LogP contribution < -0.4 is 10.2 Å². The SMILES string of the molecule is Cc1ccsc1[C@H](C(=O)NC(C)(C)C)N(C(=O)c1csnn1)c1ccccc1F. The fraction of sp³-hybridized carbons (Fsp3) is 0.300. The Hall–Kier alpha value is -2.65. The van der Waals surface area contributed by atoms with Crippen molar-refractivity contribution in [3.8, 4) is 0 Å². The number of carbonyl (C=O) groups is 2. The van der Waals surface area contributed by atoms with Crippen LogP contribution in [0.5, 0.6) is 0 Å². The Morgan fingerprint density at radius 3 is 2.48 bits per heavy atom. The molecule has 2 heterocycles. The van der Waals surface area contributed by atoms with Crippen LogP contribution in [0.3, 0.4) is 0 Å². The maximum Gasteiger partial charge on any atom is 0.280 e. The lowest BCUT2D eigenvalue weighted by molar-refractivity contribution is -0.123. The van der Waals surface area contributed by atoms with Crippen molar-refractivity contribution in [3.63, 3.8) is 0 Å². The number of carbonyl (C=O) groups excluding carboxylic acids is 2. The molecule has 0 radical (unpaired) electrons. The topological polar surface area (TPSA) is 75.2 Å². The molecule has 1 atom stereocenters. The third kappa shape index (κ3) is 4.68. The fourth-order valence-electron chi connectivity index (χ4n) is 2.85. The van der Waals surface area contributed by atoms with Crippen molar-refractivity contribution in [1.29, 1.82) is 0 Å². The molecule has 9 heteroatoms. The molecule has 1 N–H and O–H groups in total. The van der Waals surface area contributed by atoms with Gasteiger partial charge in [0.2, 0.25) is 5.91 Å². The Balaban J connectivity index is 2.20. The predicted octanol–water partition coefficient (Wildman–Crippen LogP) is 4.35. The molecule has 3 rings (SSSR count). The largest absolute Gasteiger partial charge is 0.349 e. The summed E-state index contributed by atoms with van der Waals surface area (Å²) in [6, 6.07) is 6.71. The molecule has 3 aromatic rings. The van der Waals surface area contributed by atoms with E-state index in [1.165, 1.54) is 39.8 Å².